The summed E-state index contributed by atoms with van der Waals surface area (Å²) in [7, 11) is 0. The van der Waals surface area contributed by atoms with Gasteiger partial charge in [-0.15, -0.1) is 11.3 Å². The molecule has 1 aliphatic carbocycles. The number of nitrogens with zero attached hydrogens (tertiary/aromatic N) is 2. The number of fused-ring (bicyclic) bond motifs is 3. The summed E-state index contributed by atoms with van der Waals surface area (Å²) in [5.74, 6) is -0.603. The first-order valence-electron chi connectivity index (χ1n) is 7.06. The number of nitrogens with one attached hydrogen (secondary N) is 1. The molecule has 7 nitrogen and oxygen atoms in total. The van der Waals surface area contributed by atoms with Crippen LogP contribution in [0.2, 0.25) is 0 Å². The van der Waals surface area contributed by atoms with Gasteiger partial charge in [-0.3, -0.25) is 19.5 Å². The van der Waals surface area contributed by atoms with Gasteiger partial charge in [-0.25, -0.2) is 9.78 Å². The van der Waals surface area contributed by atoms with Crippen molar-refractivity contribution >= 4 is 33.6 Å². The minimum atomic E-state index is -0.814. The molecule has 0 unspecified atom stereocenters. The molecule has 0 atom stereocenters. The molecule has 2 aromatic heterocycles. The van der Waals surface area contributed by atoms with E-state index in [-0.39, 0.29) is 18.7 Å². The average Bonchev–Trinajstić information content (AvgIpc) is 3.02. The van der Waals surface area contributed by atoms with Crippen LogP contribution in [-0.4, -0.2) is 28.2 Å². The van der Waals surface area contributed by atoms with Crippen LogP contribution in [0.5, 0.6) is 0 Å². The molecule has 116 valence electrons. The topological polar surface area (TPSA) is 90.3 Å². The first kappa shape index (κ1) is 14.7. The smallest absolute Gasteiger partial charge is 0.413 e. The lowest BCUT2D eigenvalue weighted by atomic mass is 10.2. The van der Waals surface area contributed by atoms with E-state index >= 15 is 0 Å². The lowest BCUT2D eigenvalue weighted by molar-refractivity contribution is -0.121. The summed E-state index contributed by atoms with van der Waals surface area (Å²) >= 11 is 1.55. The van der Waals surface area contributed by atoms with Crippen molar-refractivity contribution in [2.24, 2.45) is 0 Å². The van der Waals surface area contributed by atoms with Crippen LogP contribution in [-0.2, 0) is 28.9 Å². The minimum Gasteiger partial charge on any atom is -0.450 e. The predicted molar refractivity (Wildman–Crippen MR) is 81.1 cm³/mol. The van der Waals surface area contributed by atoms with Crippen LogP contribution >= 0.6 is 11.3 Å². The Morgan fingerprint density at radius 2 is 2.27 bits per heavy atom. The molecular formula is C14H15N3O4S. The van der Waals surface area contributed by atoms with Crippen LogP contribution in [0.4, 0.5) is 4.79 Å². The number of aromatic nitrogens is 2. The van der Waals surface area contributed by atoms with Gasteiger partial charge in [-0.2, -0.15) is 0 Å². The Hall–Kier alpha value is -2.22. The van der Waals surface area contributed by atoms with Gasteiger partial charge in [0.05, 0.1) is 18.3 Å². The molecule has 2 amide bonds. The van der Waals surface area contributed by atoms with Crippen LogP contribution in [0, 0.1) is 0 Å². The predicted octanol–water partition coefficient (Wildman–Crippen LogP) is 1.22. The number of amides is 2. The van der Waals surface area contributed by atoms with Crippen LogP contribution < -0.4 is 10.9 Å². The first-order valence-corrected chi connectivity index (χ1v) is 7.88. The maximum atomic E-state index is 12.5. The third-order valence-electron chi connectivity index (χ3n) is 3.52. The monoisotopic (exact) mass is 321 g/mol. The summed E-state index contributed by atoms with van der Waals surface area (Å²) in [6.07, 6.45) is 3.45. The van der Waals surface area contributed by atoms with Crippen molar-refractivity contribution in [2.75, 3.05) is 6.61 Å². The zero-order valence-corrected chi connectivity index (χ0v) is 12.9. The summed E-state index contributed by atoms with van der Waals surface area (Å²) in [5, 5.41) is 2.68. The van der Waals surface area contributed by atoms with E-state index in [0.717, 1.165) is 29.7 Å². The lowest BCUT2D eigenvalue weighted by Crippen LogP contribution is -2.36. The quantitative estimate of drug-likeness (QED) is 0.918. The summed E-state index contributed by atoms with van der Waals surface area (Å²) in [4.78, 5) is 41.7. The van der Waals surface area contributed by atoms with Gasteiger partial charge >= 0.3 is 6.09 Å². The number of thiophene rings is 1. The molecule has 1 N–H and O–H groups in total. The van der Waals surface area contributed by atoms with E-state index in [4.69, 9.17) is 0 Å². The molecular weight excluding hydrogens is 306 g/mol. The van der Waals surface area contributed by atoms with Gasteiger partial charge in [-0.1, -0.05) is 0 Å². The second-order valence-corrected chi connectivity index (χ2v) is 6.07. The Kier molecular flexibility index (Phi) is 3.93. The largest absolute Gasteiger partial charge is 0.450 e. The molecule has 0 saturated heterocycles. The summed E-state index contributed by atoms with van der Waals surface area (Å²) < 4.78 is 5.85. The molecule has 0 aromatic carbocycles. The fourth-order valence-corrected chi connectivity index (χ4v) is 3.83. The number of rotatable bonds is 3. The van der Waals surface area contributed by atoms with Crippen molar-refractivity contribution in [3.05, 3.63) is 27.1 Å². The molecule has 0 bridgehead atoms. The average molecular weight is 321 g/mol. The van der Waals surface area contributed by atoms with Crippen LogP contribution in [0.25, 0.3) is 10.2 Å². The fraction of sp³-hybridized carbons (Fsp3) is 0.429. The number of ether oxygens (including phenoxy) is 1. The van der Waals surface area contributed by atoms with Crippen molar-refractivity contribution in [2.45, 2.75) is 32.7 Å². The van der Waals surface area contributed by atoms with Crippen molar-refractivity contribution in [3.63, 3.8) is 0 Å². The van der Waals surface area contributed by atoms with Crippen molar-refractivity contribution in [3.8, 4) is 0 Å². The normalized spacial score (nSPS) is 13.1. The number of alkyl carbamates (subject to hydrolysis) is 1. The Labute approximate surface area is 129 Å². The molecule has 2 heterocycles. The molecule has 22 heavy (non-hydrogen) atoms. The number of hydrogen-bond acceptors (Lipinski definition) is 6. The minimum absolute atomic E-state index is 0.174. The molecule has 2 aromatic rings. The molecule has 1 aliphatic rings. The number of aryl methyl sites for hydroxylation is 2. The SMILES string of the molecule is CCOC(=O)NC(=O)Cn1cnc2sc3c(c2c1=O)CCC3. The van der Waals surface area contributed by atoms with E-state index in [1.54, 1.807) is 18.3 Å². The Balaban J connectivity index is 1.86. The van der Waals surface area contributed by atoms with Crippen LogP contribution in [0.1, 0.15) is 23.8 Å². The zero-order chi connectivity index (χ0) is 15.7. The third-order valence-corrected chi connectivity index (χ3v) is 4.72. The zero-order valence-electron chi connectivity index (χ0n) is 12.0. The van der Waals surface area contributed by atoms with E-state index in [1.165, 1.54) is 15.8 Å². The highest BCUT2D eigenvalue weighted by molar-refractivity contribution is 7.18. The summed E-state index contributed by atoms with van der Waals surface area (Å²) in [6, 6.07) is 0. The third kappa shape index (κ3) is 2.61. The highest BCUT2D eigenvalue weighted by Crippen LogP contribution is 2.34. The fourth-order valence-electron chi connectivity index (χ4n) is 2.61. The van der Waals surface area contributed by atoms with E-state index < -0.39 is 12.0 Å². The van der Waals surface area contributed by atoms with Crippen molar-refractivity contribution < 1.29 is 14.3 Å². The van der Waals surface area contributed by atoms with E-state index in [2.05, 4.69) is 15.0 Å². The number of imide groups is 1. The second-order valence-electron chi connectivity index (χ2n) is 4.98. The standard InChI is InChI=1S/C14H15N3O4S/c1-2-21-14(20)16-10(18)6-17-7-15-12-11(13(17)19)8-4-3-5-9(8)22-12/h7H,2-6H2,1H3,(H,16,18,20). The van der Waals surface area contributed by atoms with Crippen LogP contribution in [0.15, 0.2) is 11.1 Å². The van der Waals surface area contributed by atoms with Crippen LogP contribution in [0.3, 0.4) is 0 Å². The molecule has 0 fully saturated rings. The van der Waals surface area contributed by atoms with E-state index in [0.29, 0.717) is 5.39 Å². The van der Waals surface area contributed by atoms with Crippen molar-refractivity contribution in [1.29, 1.82) is 0 Å². The maximum absolute atomic E-state index is 12.5. The van der Waals surface area contributed by atoms with Gasteiger partial charge in [0.1, 0.15) is 11.4 Å². The Bertz CT molecular complexity index is 808. The highest BCUT2D eigenvalue weighted by Gasteiger charge is 2.21. The van der Waals surface area contributed by atoms with Gasteiger partial charge in [0.15, 0.2) is 0 Å². The molecule has 0 saturated carbocycles. The van der Waals surface area contributed by atoms with Crippen molar-refractivity contribution in [1.82, 2.24) is 14.9 Å². The lowest BCUT2D eigenvalue weighted by Gasteiger charge is -2.06. The number of carbonyl (C=O) groups is 2. The van der Waals surface area contributed by atoms with Gasteiger partial charge in [0.2, 0.25) is 5.91 Å². The molecule has 0 spiro atoms. The summed E-state index contributed by atoms with van der Waals surface area (Å²) in [5.41, 5.74) is 0.834. The Morgan fingerprint density at radius 3 is 3.05 bits per heavy atom. The molecule has 0 radical (unpaired) electrons. The second kappa shape index (κ2) is 5.88. The Morgan fingerprint density at radius 1 is 1.45 bits per heavy atom. The van der Waals surface area contributed by atoms with Gasteiger partial charge < -0.3 is 4.74 Å². The van der Waals surface area contributed by atoms with E-state index in [1.807, 2.05) is 0 Å². The molecule has 0 aliphatic heterocycles. The van der Waals surface area contributed by atoms with Gasteiger partial charge in [-0.05, 0) is 31.7 Å². The van der Waals surface area contributed by atoms with Gasteiger partial charge in [0, 0.05) is 4.88 Å². The highest BCUT2D eigenvalue weighted by atomic mass is 32.1. The number of carbonyl (C=O) groups excluding carboxylic acids is 2. The maximum Gasteiger partial charge on any atom is 0.413 e. The molecule has 8 heteroatoms. The van der Waals surface area contributed by atoms with E-state index in [9.17, 15) is 14.4 Å². The van der Waals surface area contributed by atoms with Gasteiger partial charge in [0.25, 0.3) is 5.56 Å². The summed E-state index contributed by atoms with van der Waals surface area (Å²) in [6.45, 7) is 1.56. The first-order chi connectivity index (χ1) is 10.6. The molecule has 3 rings (SSSR count). The number of hydrogen-bond donors (Lipinski definition) is 1.